The fourth-order valence-corrected chi connectivity index (χ4v) is 4.14. The number of rotatable bonds is 4. The zero-order chi connectivity index (χ0) is 12.9. The molecular weight excluding hydrogens is 270 g/mol. The van der Waals surface area contributed by atoms with Crippen LogP contribution in [0.4, 0.5) is 0 Å². The summed E-state index contributed by atoms with van der Waals surface area (Å²) >= 11 is 0. The molecule has 2 saturated heterocycles. The summed E-state index contributed by atoms with van der Waals surface area (Å²) in [6.45, 7) is 9.04. The molecule has 1 atom stereocenters. The fourth-order valence-electron chi connectivity index (χ4n) is 4.14. The Morgan fingerprint density at radius 1 is 0.900 bits per heavy atom. The van der Waals surface area contributed by atoms with Gasteiger partial charge in [0.05, 0.1) is 0 Å². The lowest BCUT2D eigenvalue weighted by molar-refractivity contribution is 0.0966. The Balaban J connectivity index is 0.00000147. The monoisotopic (exact) mass is 301 g/mol. The highest BCUT2D eigenvalue weighted by Gasteiger charge is 2.26. The number of nitrogens with zero attached hydrogens (tertiary/aromatic N) is 2. The van der Waals surface area contributed by atoms with E-state index in [4.69, 9.17) is 0 Å². The van der Waals surface area contributed by atoms with E-state index in [0.29, 0.717) is 0 Å². The number of halogens is 1. The van der Waals surface area contributed by atoms with E-state index in [1.54, 1.807) is 0 Å². The molecule has 0 bridgehead atoms. The molecule has 3 aliphatic rings. The summed E-state index contributed by atoms with van der Waals surface area (Å²) in [5, 5.41) is 3.49. The number of nitrogens with one attached hydrogen (secondary N) is 1. The van der Waals surface area contributed by atoms with Crippen molar-refractivity contribution in [2.75, 3.05) is 45.8 Å². The Morgan fingerprint density at radius 2 is 1.65 bits per heavy atom. The summed E-state index contributed by atoms with van der Waals surface area (Å²) in [7, 11) is 0. The first kappa shape index (κ1) is 16.5. The Morgan fingerprint density at radius 3 is 2.30 bits per heavy atom. The standard InChI is InChI=1S/C16H31N3.ClH/c1-2-4-15(5-3-1)7-9-18-10-12-19(13-11-18)16-6-8-17-14-16;/h15-17H,1-14H2;1H. The van der Waals surface area contributed by atoms with Crippen molar-refractivity contribution in [3.8, 4) is 0 Å². The van der Waals surface area contributed by atoms with Crippen LogP contribution in [0.3, 0.4) is 0 Å². The van der Waals surface area contributed by atoms with Gasteiger partial charge in [-0.25, -0.2) is 0 Å². The zero-order valence-electron chi connectivity index (χ0n) is 12.9. The maximum Gasteiger partial charge on any atom is 0.0233 e. The first-order valence-electron chi connectivity index (χ1n) is 8.59. The summed E-state index contributed by atoms with van der Waals surface area (Å²) in [6, 6.07) is 0.834. The number of hydrogen-bond acceptors (Lipinski definition) is 3. The van der Waals surface area contributed by atoms with E-state index in [-0.39, 0.29) is 12.4 Å². The normalized spacial score (nSPS) is 30.3. The molecule has 3 fully saturated rings. The average molecular weight is 302 g/mol. The van der Waals surface area contributed by atoms with Crippen LogP contribution in [-0.4, -0.2) is 61.7 Å². The lowest BCUT2D eigenvalue weighted by Crippen LogP contribution is -2.51. The highest BCUT2D eigenvalue weighted by molar-refractivity contribution is 5.85. The molecule has 1 saturated carbocycles. The van der Waals surface area contributed by atoms with E-state index in [9.17, 15) is 0 Å². The van der Waals surface area contributed by atoms with Gasteiger partial charge in [-0.3, -0.25) is 4.90 Å². The summed E-state index contributed by atoms with van der Waals surface area (Å²) in [5.74, 6) is 1.05. The van der Waals surface area contributed by atoms with E-state index in [2.05, 4.69) is 15.1 Å². The Hall–Kier alpha value is 0.170. The van der Waals surface area contributed by atoms with Crippen molar-refractivity contribution in [1.29, 1.82) is 0 Å². The van der Waals surface area contributed by atoms with Gasteiger partial charge < -0.3 is 10.2 Å². The van der Waals surface area contributed by atoms with Crippen LogP contribution in [0.25, 0.3) is 0 Å². The first-order valence-corrected chi connectivity index (χ1v) is 8.59. The topological polar surface area (TPSA) is 18.5 Å². The molecule has 3 nitrogen and oxygen atoms in total. The predicted molar refractivity (Wildman–Crippen MR) is 87.7 cm³/mol. The van der Waals surface area contributed by atoms with Gasteiger partial charge >= 0.3 is 0 Å². The van der Waals surface area contributed by atoms with Crippen molar-refractivity contribution < 1.29 is 0 Å². The molecule has 2 aliphatic heterocycles. The van der Waals surface area contributed by atoms with Gasteiger partial charge in [0.2, 0.25) is 0 Å². The van der Waals surface area contributed by atoms with Crippen molar-refractivity contribution in [1.82, 2.24) is 15.1 Å². The average Bonchev–Trinajstić information content (AvgIpc) is 3.01. The third-order valence-electron chi connectivity index (χ3n) is 5.54. The molecule has 2 heterocycles. The van der Waals surface area contributed by atoms with Gasteiger partial charge in [0, 0.05) is 38.8 Å². The second-order valence-electron chi connectivity index (χ2n) is 6.82. The highest BCUT2D eigenvalue weighted by Crippen LogP contribution is 2.26. The van der Waals surface area contributed by atoms with Gasteiger partial charge in [-0.2, -0.15) is 0 Å². The predicted octanol–water partition coefficient (Wildman–Crippen LogP) is 2.36. The maximum absolute atomic E-state index is 3.49. The quantitative estimate of drug-likeness (QED) is 0.860. The van der Waals surface area contributed by atoms with Crippen molar-refractivity contribution in [3.63, 3.8) is 0 Å². The fraction of sp³-hybridized carbons (Fsp3) is 1.00. The number of piperazine rings is 1. The molecule has 20 heavy (non-hydrogen) atoms. The van der Waals surface area contributed by atoms with E-state index >= 15 is 0 Å². The largest absolute Gasteiger partial charge is 0.315 e. The molecule has 118 valence electrons. The van der Waals surface area contributed by atoms with Gasteiger partial charge in [0.1, 0.15) is 0 Å². The van der Waals surface area contributed by atoms with Crippen LogP contribution in [0.5, 0.6) is 0 Å². The van der Waals surface area contributed by atoms with Gasteiger partial charge in [-0.15, -0.1) is 12.4 Å². The van der Waals surface area contributed by atoms with Crippen LogP contribution in [0, 0.1) is 5.92 Å². The molecule has 1 unspecified atom stereocenters. The van der Waals surface area contributed by atoms with Crippen molar-refractivity contribution >= 4 is 12.4 Å². The molecular formula is C16H32ClN3. The summed E-state index contributed by atoms with van der Waals surface area (Å²) in [6.07, 6.45) is 10.3. The minimum atomic E-state index is 0. The SMILES string of the molecule is C1CCC(CCN2CCN(C3CCNC3)CC2)CC1.Cl. The molecule has 0 aromatic heterocycles. The van der Waals surface area contributed by atoms with Crippen LogP contribution in [0.2, 0.25) is 0 Å². The van der Waals surface area contributed by atoms with Crippen LogP contribution >= 0.6 is 12.4 Å². The van der Waals surface area contributed by atoms with Crippen LogP contribution < -0.4 is 5.32 Å². The van der Waals surface area contributed by atoms with Crippen LogP contribution in [0.1, 0.15) is 44.9 Å². The van der Waals surface area contributed by atoms with Gasteiger partial charge in [-0.05, 0) is 31.8 Å². The molecule has 3 rings (SSSR count). The minimum Gasteiger partial charge on any atom is -0.315 e. The number of hydrogen-bond donors (Lipinski definition) is 1. The Kier molecular flexibility index (Phi) is 7.09. The lowest BCUT2D eigenvalue weighted by atomic mass is 9.87. The summed E-state index contributed by atoms with van der Waals surface area (Å²) in [4.78, 5) is 5.44. The third kappa shape index (κ3) is 4.59. The van der Waals surface area contributed by atoms with E-state index < -0.39 is 0 Å². The molecule has 0 radical (unpaired) electrons. The van der Waals surface area contributed by atoms with Crippen molar-refractivity contribution in [2.45, 2.75) is 51.0 Å². The zero-order valence-corrected chi connectivity index (χ0v) is 13.7. The van der Waals surface area contributed by atoms with E-state index in [0.717, 1.165) is 12.0 Å². The van der Waals surface area contributed by atoms with E-state index in [1.807, 2.05) is 0 Å². The first-order chi connectivity index (χ1) is 9.42. The third-order valence-corrected chi connectivity index (χ3v) is 5.54. The molecule has 0 spiro atoms. The van der Waals surface area contributed by atoms with Gasteiger partial charge in [0.15, 0.2) is 0 Å². The Labute approximate surface area is 130 Å². The van der Waals surface area contributed by atoms with Crippen molar-refractivity contribution in [2.24, 2.45) is 5.92 Å². The van der Waals surface area contributed by atoms with Crippen molar-refractivity contribution in [3.05, 3.63) is 0 Å². The van der Waals surface area contributed by atoms with Crippen LogP contribution in [-0.2, 0) is 0 Å². The molecule has 1 N–H and O–H groups in total. The van der Waals surface area contributed by atoms with Gasteiger partial charge in [-0.1, -0.05) is 32.1 Å². The lowest BCUT2D eigenvalue weighted by Gasteiger charge is -2.38. The highest BCUT2D eigenvalue weighted by atomic mass is 35.5. The second-order valence-corrected chi connectivity index (χ2v) is 6.82. The Bertz CT molecular complexity index is 254. The summed E-state index contributed by atoms with van der Waals surface area (Å²) in [5.41, 5.74) is 0. The van der Waals surface area contributed by atoms with E-state index in [1.165, 1.54) is 90.8 Å². The van der Waals surface area contributed by atoms with Crippen LogP contribution in [0.15, 0.2) is 0 Å². The molecule has 0 amide bonds. The molecule has 0 aromatic carbocycles. The maximum atomic E-state index is 3.49. The summed E-state index contributed by atoms with van der Waals surface area (Å²) < 4.78 is 0. The van der Waals surface area contributed by atoms with Gasteiger partial charge in [0.25, 0.3) is 0 Å². The smallest absolute Gasteiger partial charge is 0.0233 e. The second kappa shape index (κ2) is 8.57. The molecule has 1 aliphatic carbocycles. The molecule has 0 aromatic rings. The molecule has 4 heteroatoms. The minimum absolute atomic E-state index is 0.